The normalized spacial score (nSPS) is 15.0. The average molecular weight is 318 g/mol. The second-order valence-electron chi connectivity index (χ2n) is 6.47. The van der Waals surface area contributed by atoms with Crippen LogP contribution in [0.5, 0.6) is 0 Å². The van der Waals surface area contributed by atoms with Crippen molar-refractivity contribution in [2.45, 2.75) is 25.2 Å². The largest absolute Gasteiger partial charge is 0.338 e. The number of rotatable bonds is 3. The quantitative estimate of drug-likeness (QED) is 0.626. The number of fused-ring (bicyclic) bond motifs is 2. The minimum absolute atomic E-state index is 0.614. The zero-order chi connectivity index (χ0) is 16.1. The molecule has 3 heterocycles. The molecule has 0 radical (unpaired) electrons. The van der Waals surface area contributed by atoms with E-state index in [1.165, 1.54) is 25.0 Å². The fraction of sp³-hybridized carbons (Fsp3) is 0.278. The Bertz CT molecular complexity index is 1040. The van der Waals surface area contributed by atoms with Crippen molar-refractivity contribution in [3.05, 3.63) is 48.5 Å². The Labute approximate surface area is 139 Å². The second-order valence-corrected chi connectivity index (χ2v) is 6.47. The van der Waals surface area contributed by atoms with E-state index < -0.39 is 0 Å². The van der Waals surface area contributed by atoms with E-state index in [0.29, 0.717) is 5.92 Å². The number of hydrogen-bond donors (Lipinski definition) is 1. The highest BCUT2D eigenvalue weighted by Crippen LogP contribution is 2.36. The van der Waals surface area contributed by atoms with E-state index >= 15 is 0 Å². The van der Waals surface area contributed by atoms with Crippen LogP contribution in [0, 0.1) is 0 Å². The molecule has 0 spiro atoms. The van der Waals surface area contributed by atoms with Gasteiger partial charge in [0.1, 0.15) is 5.52 Å². The van der Waals surface area contributed by atoms with Gasteiger partial charge in [0.05, 0.1) is 17.4 Å². The molecule has 0 aliphatic heterocycles. The third kappa shape index (κ3) is 2.06. The highest BCUT2D eigenvalue weighted by molar-refractivity contribution is 5.84. The highest BCUT2D eigenvalue weighted by atomic mass is 15.3. The van der Waals surface area contributed by atoms with Gasteiger partial charge in [-0.15, -0.1) is 0 Å². The lowest BCUT2D eigenvalue weighted by Gasteiger charge is -2.22. The lowest BCUT2D eigenvalue weighted by Crippen LogP contribution is -2.09. The van der Waals surface area contributed by atoms with E-state index in [4.69, 9.17) is 5.10 Å². The molecule has 0 amide bonds. The van der Waals surface area contributed by atoms with Gasteiger partial charge >= 0.3 is 0 Å². The van der Waals surface area contributed by atoms with Gasteiger partial charge in [0, 0.05) is 36.4 Å². The maximum absolute atomic E-state index is 4.72. The zero-order valence-electron chi connectivity index (χ0n) is 13.5. The lowest BCUT2D eigenvalue weighted by molar-refractivity contribution is 0.409. The van der Waals surface area contributed by atoms with E-state index in [-0.39, 0.29) is 0 Å². The molecule has 1 aliphatic carbocycles. The van der Waals surface area contributed by atoms with Crippen LogP contribution in [0.3, 0.4) is 0 Å². The highest BCUT2D eigenvalue weighted by Gasteiger charge is 2.23. The summed E-state index contributed by atoms with van der Waals surface area (Å²) >= 11 is 0. The zero-order valence-corrected chi connectivity index (χ0v) is 13.5. The maximum atomic E-state index is 4.72. The first-order valence-corrected chi connectivity index (χ1v) is 8.31. The fourth-order valence-corrected chi connectivity index (χ4v) is 3.30. The topological polar surface area (TPSA) is 60.0 Å². The van der Waals surface area contributed by atoms with E-state index in [1.54, 1.807) is 6.20 Å². The third-order valence-corrected chi connectivity index (χ3v) is 4.94. The Morgan fingerprint density at radius 3 is 2.92 bits per heavy atom. The SMILES string of the molecule is Cn1ncc2ccc(Nc3nccn4nc(C5CCC5)cc34)cc21. The van der Waals surface area contributed by atoms with Crippen molar-refractivity contribution in [2.75, 3.05) is 5.32 Å². The minimum Gasteiger partial charge on any atom is -0.338 e. The van der Waals surface area contributed by atoms with Gasteiger partial charge < -0.3 is 5.32 Å². The monoisotopic (exact) mass is 318 g/mol. The van der Waals surface area contributed by atoms with Gasteiger partial charge in [-0.1, -0.05) is 6.42 Å². The van der Waals surface area contributed by atoms with Gasteiger partial charge in [-0.3, -0.25) is 4.68 Å². The molecule has 4 aromatic rings. The first kappa shape index (κ1) is 13.5. The third-order valence-electron chi connectivity index (χ3n) is 4.94. The van der Waals surface area contributed by atoms with Crippen LogP contribution in [-0.4, -0.2) is 24.4 Å². The smallest absolute Gasteiger partial charge is 0.156 e. The van der Waals surface area contributed by atoms with Crippen molar-refractivity contribution < 1.29 is 0 Å². The molecule has 1 fully saturated rings. The van der Waals surface area contributed by atoms with Gasteiger partial charge in [0.2, 0.25) is 0 Å². The predicted molar refractivity (Wildman–Crippen MR) is 93.6 cm³/mol. The van der Waals surface area contributed by atoms with Crippen LogP contribution < -0.4 is 5.32 Å². The van der Waals surface area contributed by atoms with Crippen LogP contribution in [0.25, 0.3) is 16.4 Å². The molecule has 6 nitrogen and oxygen atoms in total. The van der Waals surface area contributed by atoms with Crippen LogP contribution in [0.15, 0.2) is 42.9 Å². The van der Waals surface area contributed by atoms with Crippen molar-refractivity contribution >= 4 is 27.9 Å². The number of nitrogens with one attached hydrogen (secondary N) is 1. The van der Waals surface area contributed by atoms with Crippen molar-refractivity contribution in [3.63, 3.8) is 0 Å². The summed E-state index contributed by atoms with van der Waals surface area (Å²) in [4.78, 5) is 4.51. The average Bonchev–Trinajstić information content (AvgIpc) is 3.11. The van der Waals surface area contributed by atoms with Crippen molar-refractivity contribution in [1.29, 1.82) is 0 Å². The lowest BCUT2D eigenvalue weighted by atomic mass is 9.83. The molecule has 0 unspecified atom stereocenters. The number of anilines is 2. The van der Waals surface area contributed by atoms with E-state index in [2.05, 4.69) is 39.7 Å². The molecule has 24 heavy (non-hydrogen) atoms. The standard InChI is InChI=1S/C18H18N6/c1-23-16-9-14(6-5-13(16)11-20-23)21-18-17-10-15(12-3-2-4-12)22-24(17)8-7-19-18/h5-12H,2-4H2,1H3,(H,19,21). The van der Waals surface area contributed by atoms with Gasteiger partial charge in [0.15, 0.2) is 5.82 Å². The van der Waals surface area contributed by atoms with Crippen LogP contribution in [0.2, 0.25) is 0 Å². The Hall–Kier alpha value is -2.89. The number of nitrogens with zero attached hydrogens (tertiary/aromatic N) is 5. The Balaban J connectivity index is 1.55. The molecule has 0 saturated heterocycles. The molecular formula is C18H18N6. The van der Waals surface area contributed by atoms with Gasteiger partial charge in [-0.05, 0) is 37.1 Å². The summed E-state index contributed by atoms with van der Waals surface area (Å²) in [6, 6.07) is 8.39. The summed E-state index contributed by atoms with van der Waals surface area (Å²) in [6.07, 6.45) is 9.38. The molecule has 1 aliphatic rings. The van der Waals surface area contributed by atoms with Crippen molar-refractivity contribution in [3.8, 4) is 0 Å². The molecule has 0 atom stereocenters. The number of benzene rings is 1. The summed E-state index contributed by atoms with van der Waals surface area (Å²) < 4.78 is 3.80. The number of aryl methyl sites for hydroxylation is 1. The van der Waals surface area contributed by atoms with Gasteiger partial charge in [-0.25, -0.2) is 9.50 Å². The van der Waals surface area contributed by atoms with E-state index in [9.17, 15) is 0 Å². The maximum Gasteiger partial charge on any atom is 0.156 e. The molecule has 1 N–H and O–H groups in total. The van der Waals surface area contributed by atoms with E-state index in [1.807, 2.05) is 28.6 Å². The fourth-order valence-electron chi connectivity index (χ4n) is 3.30. The molecule has 0 bridgehead atoms. The molecular weight excluding hydrogens is 300 g/mol. The minimum atomic E-state index is 0.614. The van der Waals surface area contributed by atoms with Gasteiger partial charge in [0.25, 0.3) is 0 Å². The van der Waals surface area contributed by atoms with Crippen molar-refractivity contribution in [1.82, 2.24) is 24.4 Å². The summed E-state index contributed by atoms with van der Waals surface area (Å²) in [5.41, 5.74) is 4.29. The number of aromatic nitrogens is 5. The van der Waals surface area contributed by atoms with Crippen molar-refractivity contribution in [2.24, 2.45) is 7.05 Å². The number of hydrogen-bond acceptors (Lipinski definition) is 4. The van der Waals surface area contributed by atoms with E-state index in [0.717, 1.165) is 27.9 Å². The first-order valence-electron chi connectivity index (χ1n) is 8.31. The second kappa shape index (κ2) is 5.06. The van der Waals surface area contributed by atoms with Crippen LogP contribution in [0.4, 0.5) is 11.5 Å². The first-order chi connectivity index (χ1) is 11.8. The Kier molecular flexibility index (Phi) is 2.85. The summed E-state index contributed by atoms with van der Waals surface area (Å²) in [7, 11) is 1.95. The predicted octanol–water partition coefficient (Wildman–Crippen LogP) is 3.63. The molecule has 120 valence electrons. The van der Waals surface area contributed by atoms with Crippen LogP contribution in [0.1, 0.15) is 30.9 Å². The van der Waals surface area contributed by atoms with Crippen LogP contribution >= 0.6 is 0 Å². The molecule has 1 aromatic carbocycles. The molecule has 1 saturated carbocycles. The molecule has 5 rings (SSSR count). The Morgan fingerprint density at radius 1 is 1.17 bits per heavy atom. The molecule has 3 aromatic heterocycles. The molecule has 6 heteroatoms. The van der Waals surface area contributed by atoms with Gasteiger partial charge in [-0.2, -0.15) is 10.2 Å². The summed E-state index contributed by atoms with van der Waals surface area (Å²) in [6.45, 7) is 0. The Morgan fingerprint density at radius 2 is 2.08 bits per heavy atom. The van der Waals surface area contributed by atoms with Crippen LogP contribution in [-0.2, 0) is 7.05 Å². The summed E-state index contributed by atoms with van der Waals surface area (Å²) in [5.74, 6) is 1.45. The summed E-state index contributed by atoms with van der Waals surface area (Å²) in [5, 5.41) is 13.6.